The van der Waals surface area contributed by atoms with Crippen molar-refractivity contribution < 1.29 is 0 Å². The van der Waals surface area contributed by atoms with E-state index in [2.05, 4.69) is 35.2 Å². The molecule has 2 aromatic heterocycles. The van der Waals surface area contributed by atoms with Gasteiger partial charge in [-0.15, -0.1) is 11.3 Å². The molecule has 0 bridgehead atoms. The Labute approximate surface area is 98.9 Å². The van der Waals surface area contributed by atoms with Crippen molar-refractivity contribution >= 4 is 11.3 Å². The van der Waals surface area contributed by atoms with Crippen molar-refractivity contribution in [1.29, 1.82) is 0 Å². The average Bonchev–Trinajstić information content (AvgIpc) is 2.82. The summed E-state index contributed by atoms with van der Waals surface area (Å²) < 4.78 is 2.22. The van der Waals surface area contributed by atoms with Crippen LogP contribution in [0.3, 0.4) is 0 Å². The van der Waals surface area contributed by atoms with Crippen molar-refractivity contribution in [2.75, 3.05) is 0 Å². The van der Waals surface area contributed by atoms with Crippen LogP contribution < -0.4 is 5.73 Å². The highest BCUT2D eigenvalue weighted by Crippen LogP contribution is 2.30. The summed E-state index contributed by atoms with van der Waals surface area (Å²) >= 11 is 1.73. The lowest BCUT2D eigenvalue weighted by molar-refractivity contribution is 0.407. The van der Waals surface area contributed by atoms with E-state index < -0.39 is 0 Å². The highest BCUT2D eigenvalue weighted by Gasteiger charge is 2.24. The number of nitrogens with zero attached hydrogens (tertiary/aromatic N) is 2. The Morgan fingerprint density at radius 3 is 3.19 bits per heavy atom. The van der Waals surface area contributed by atoms with E-state index in [0.29, 0.717) is 5.92 Å². The Balaban J connectivity index is 2.03. The molecule has 3 nitrogen and oxygen atoms in total. The summed E-state index contributed by atoms with van der Waals surface area (Å²) in [6.45, 7) is 3.11. The Kier molecular flexibility index (Phi) is 2.33. The maximum atomic E-state index is 6.02. The molecule has 4 heteroatoms. The molecule has 1 aliphatic rings. The van der Waals surface area contributed by atoms with Crippen LogP contribution in [0, 0.1) is 0 Å². The van der Waals surface area contributed by atoms with E-state index in [-0.39, 0.29) is 6.04 Å². The van der Waals surface area contributed by atoms with Gasteiger partial charge in [-0.05, 0) is 17.9 Å². The van der Waals surface area contributed by atoms with Crippen LogP contribution in [0.2, 0.25) is 0 Å². The minimum absolute atomic E-state index is 0.271. The van der Waals surface area contributed by atoms with Crippen LogP contribution in [-0.2, 0) is 6.54 Å². The van der Waals surface area contributed by atoms with Gasteiger partial charge in [0.2, 0.25) is 0 Å². The maximum absolute atomic E-state index is 6.02. The molecule has 0 saturated heterocycles. The number of hydrogen-bond acceptors (Lipinski definition) is 3. The van der Waals surface area contributed by atoms with Gasteiger partial charge >= 0.3 is 0 Å². The molecule has 2 atom stereocenters. The fraction of sp³-hybridized carbons (Fsp3) is 0.417. The van der Waals surface area contributed by atoms with Gasteiger partial charge in [0.05, 0.1) is 10.6 Å². The summed E-state index contributed by atoms with van der Waals surface area (Å²) in [6.07, 6.45) is 3.18. The Morgan fingerprint density at radius 1 is 1.56 bits per heavy atom. The second kappa shape index (κ2) is 3.71. The molecule has 0 radical (unpaired) electrons. The van der Waals surface area contributed by atoms with Crippen molar-refractivity contribution in [3.05, 3.63) is 29.5 Å². The number of nitrogens with two attached hydrogens (primary N) is 1. The van der Waals surface area contributed by atoms with E-state index in [0.717, 1.165) is 18.7 Å². The lowest BCUT2D eigenvalue weighted by atomic mass is 9.98. The summed E-state index contributed by atoms with van der Waals surface area (Å²) in [7, 11) is 0. The van der Waals surface area contributed by atoms with Crippen LogP contribution in [0.1, 0.15) is 25.1 Å². The first-order valence-electron chi connectivity index (χ1n) is 5.60. The van der Waals surface area contributed by atoms with Gasteiger partial charge in [-0.1, -0.05) is 13.0 Å². The molecule has 0 amide bonds. The molecule has 3 rings (SSSR count). The van der Waals surface area contributed by atoms with Crippen LogP contribution in [0.4, 0.5) is 0 Å². The summed E-state index contributed by atoms with van der Waals surface area (Å²) in [6, 6.07) is 4.45. The Morgan fingerprint density at radius 2 is 2.44 bits per heavy atom. The molecular formula is C12H15N3S. The smallest absolute Gasteiger partial charge is 0.112 e. The molecule has 16 heavy (non-hydrogen) atoms. The molecular weight excluding hydrogens is 218 g/mol. The average molecular weight is 233 g/mol. The van der Waals surface area contributed by atoms with E-state index in [1.165, 1.54) is 10.7 Å². The quantitative estimate of drug-likeness (QED) is 0.822. The van der Waals surface area contributed by atoms with E-state index in [1.807, 2.05) is 0 Å². The lowest BCUT2D eigenvalue weighted by Gasteiger charge is -2.25. The molecule has 1 aliphatic heterocycles. The normalized spacial score (nSPS) is 24.4. The second-order valence-corrected chi connectivity index (χ2v) is 5.46. The fourth-order valence-corrected chi connectivity index (χ4v) is 3.08. The van der Waals surface area contributed by atoms with Gasteiger partial charge in [-0.25, -0.2) is 4.98 Å². The third-order valence-corrected chi connectivity index (χ3v) is 4.00. The van der Waals surface area contributed by atoms with Gasteiger partial charge in [-0.3, -0.25) is 0 Å². The lowest BCUT2D eigenvalue weighted by Crippen LogP contribution is -2.33. The number of thiophene rings is 1. The first kappa shape index (κ1) is 10.1. The highest BCUT2D eigenvalue weighted by atomic mass is 32.1. The third kappa shape index (κ3) is 1.58. The molecule has 0 aromatic carbocycles. The van der Waals surface area contributed by atoms with Crippen LogP contribution in [-0.4, -0.2) is 15.6 Å². The van der Waals surface area contributed by atoms with Crippen molar-refractivity contribution in [3.63, 3.8) is 0 Å². The molecule has 2 unspecified atom stereocenters. The van der Waals surface area contributed by atoms with Crippen molar-refractivity contribution in [3.8, 4) is 10.6 Å². The minimum atomic E-state index is 0.271. The minimum Gasteiger partial charge on any atom is -0.332 e. The molecule has 0 saturated carbocycles. The number of hydrogen-bond donors (Lipinski definition) is 1. The van der Waals surface area contributed by atoms with Gasteiger partial charge in [0.1, 0.15) is 5.82 Å². The van der Waals surface area contributed by atoms with Gasteiger partial charge in [0.15, 0.2) is 0 Å². The number of aromatic nitrogens is 2. The van der Waals surface area contributed by atoms with Crippen LogP contribution >= 0.6 is 11.3 Å². The molecule has 2 aromatic rings. The fourth-order valence-electron chi connectivity index (χ4n) is 2.40. The van der Waals surface area contributed by atoms with Gasteiger partial charge in [0.25, 0.3) is 0 Å². The molecule has 0 spiro atoms. The molecule has 2 N–H and O–H groups in total. The van der Waals surface area contributed by atoms with Gasteiger partial charge < -0.3 is 10.3 Å². The number of imidazole rings is 1. The zero-order chi connectivity index (χ0) is 11.1. The SMILES string of the molecule is CC1CC(N)Cn2cc(-c3cccs3)nc21. The van der Waals surface area contributed by atoms with Crippen LogP contribution in [0.25, 0.3) is 10.6 Å². The third-order valence-electron chi connectivity index (χ3n) is 3.11. The van der Waals surface area contributed by atoms with Crippen molar-refractivity contribution in [2.24, 2.45) is 5.73 Å². The number of fused-ring (bicyclic) bond motifs is 1. The second-order valence-electron chi connectivity index (χ2n) is 4.51. The predicted molar refractivity (Wildman–Crippen MR) is 66.5 cm³/mol. The zero-order valence-electron chi connectivity index (χ0n) is 9.26. The van der Waals surface area contributed by atoms with E-state index >= 15 is 0 Å². The zero-order valence-corrected chi connectivity index (χ0v) is 10.1. The maximum Gasteiger partial charge on any atom is 0.112 e. The van der Waals surface area contributed by atoms with Crippen LogP contribution in [0.15, 0.2) is 23.7 Å². The first-order valence-corrected chi connectivity index (χ1v) is 6.48. The van der Waals surface area contributed by atoms with Gasteiger partial charge in [0, 0.05) is 24.7 Å². The summed E-state index contributed by atoms with van der Waals surface area (Å²) in [4.78, 5) is 5.97. The van der Waals surface area contributed by atoms with E-state index in [9.17, 15) is 0 Å². The van der Waals surface area contributed by atoms with E-state index in [1.54, 1.807) is 11.3 Å². The predicted octanol–water partition coefficient (Wildman–Crippen LogP) is 2.45. The summed E-state index contributed by atoms with van der Waals surface area (Å²) in [5.74, 6) is 1.66. The van der Waals surface area contributed by atoms with Crippen LogP contribution in [0.5, 0.6) is 0 Å². The monoisotopic (exact) mass is 233 g/mol. The number of rotatable bonds is 1. The molecule has 3 heterocycles. The van der Waals surface area contributed by atoms with Crippen molar-refractivity contribution in [1.82, 2.24) is 9.55 Å². The van der Waals surface area contributed by atoms with Gasteiger partial charge in [-0.2, -0.15) is 0 Å². The highest BCUT2D eigenvalue weighted by molar-refractivity contribution is 7.13. The Hall–Kier alpha value is -1.13. The topological polar surface area (TPSA) is 43.8 Å². The summed E-state index contributed by atoms with van der Waals surface area (Å²) in [5.41, 5.74) is 7.11. The standard InChI is InChI=1S/C12H15N3S/c1-8-5-9(13)6-15-7-10(14-12(8)15)11-3-2-4-16-11/h2-4,7-9H,5-6,13H2,1H3. The Bertz CT molecular complexity index is 486. The first-order chi connectivity index (χ1) is 7.74. The molecule has 84 valence electrons. The van der Waals surface area contributed by atoms with E-state index in [4.69, 9.17) is 10.7 Å². The largest absolute Gasteiger partial charge is 0.332 e. The molecule has 0 fully saturated rings. The van der Waals surface area contributed by atoms with Crippen molar-refractivity contribution in [2.45, 2.75) is 31.8 Å². The molecule has 0 aliphatic carbocycles. The summed E-state index contributed by atoms with van der Waals surface area (Å²) in [5, 5.41) is 2.09.